The van der Waals surface area contributed by atoms with Crippen LogP contribution in [0.15, 0.2) is 24.3 Å². The number of hydrogen-bond acceptors (Lipinski definition) is 3. The molecule has 1 saturated heterocycles. The maximum atomic E-state index is 11.3. The van der Waals surface area contributed by atoms with Crippen LogP contribution in [0.3, 0.4) is 0 Å². The highest BCUT2D eigenvalue weighted by molar-refractivity contribution is 7.85. The number of nitrogens with two attached hydrogens (primary N) is 1. The molecular formula is C14H18N2OS. The van der Waals surface area contributed by atoms with Crippen molar-refractivity contribution in [1.29, 1.82) is 0 Å². The molecule has 0 aromatic heterocycles. The van der Waals surface area contributed by atoms with Gasteiger partial charge in [0.25, 0.3) is 0 Å². The van der Waals surface area contributed by atoms with Crippen molar-refractivity contribution in [2.45, 2.75) is 6.54 Å². The van der Waals surface area contributed by atoms with E-state index < -0.39 is 10.8 Å². The summed E-state index contributed by atoms with van der Waals surface area (Å²) >= 11 is 0. The van der Waals surface area contributed by atoms with E-state index in [0.717, 1.165) is 36.7 Å². The summed E-state index contributed by atoms with van der Waals surface area (Å²) in [4.78, 5) is 2.35. The summed E-state index contributed by atoms with van der Waals surface area (Å²) in [6.45, 7) is 3.19. The van der Waals surface area contributed by atoms with E-state index in [1.807, 2.05) is 12.1 Å². The highest BCUT2D eigenvalue weighted by Gasteiger charge is 2.14. The molecule has 0 bridgehead atoms. The van der Waals surface area contributed by atoms with Gasteiger partial charge in [-0.1, -0.05) is 24.0 Å². The first kappa shape index (κ1) is 13.3. The first-order valence-corrected chi connectivity index (χ1v) is 7.62. The minimum Gasteiger partial charge on any atom is -0.320 e. The van der Waals surface area contributed by atoms with Crippen molar-refractivity contribution >= 4 is 10.8 Å². The van der Waals surface area contributed by atoms with Gasteiger partial charge in [0.1, 0.15) is 0 Å². The molecular weight excluding hydrogens is 244 g/mol. The predicted molar refractivity (Wildman–Crippen MR) is 75.5 cm³/mol. The fourth-order valence-corrected chi connectivity index (χ4v) is 3.07. The van der Waals surface area contributed by atoms with Gasteiger partial charge in [0.05, 0.1) is 6.54 Å². The summed E-state index contributed by atoms with van der Waals surface area (Å²) in [6.07, 6.45) is 0. The van der Waals surface area contributed by atoms with Crippen LogP contribution in [-0.4, -0.2) is 40.2 Å². The maximum Gasteiger partial charge on any atom is 0.0555 e. The van der Waals surface area contributed by atoms with Crippen LogP contribution < -0.4 is 5.73 Å². The summed E-state index contributed by atoms with van der Waals surface area (Å²) < 4.78 is 11.3. The van der Waals surface area contributed by atoms with Crippen LogP contribution in [-0.2, 0) is 17.3 Å². The van der Waals surface area contributed by atoms with Crippen molar-refractivity contribution in [2.24, 2.45) is 5.73 Å². The fourth-order valence-electron chi connectivity index (χ4n) is 1.94. The van der Waals surface area contributed by atoms with Crippen molar-refractivity contribution in [3.05, 3.63) is 35.4 Å². The third-order valence-electron chi connectivity index (χ3n) is 2.97. The summed E-state index contributed by atoms with van der Waals surface area (Å²) in [6, 6.07) is 8.26. The lowest BCUT2D eigenvalue weighted by Gasteiger charge is -2.26. The average molecular weight is 262 g/mol. The molecule has 0 unspecified atom stereocenters. The molecule has 0 atom stereocenters. The van der Waals surface area contributed by atoms with E-state index in [1.54, 1.807) is 0 Å². The van der Waals surface area contributed by atoms with Crippen LogP contribution in [0.25, 0.3) is 0 Å². The minimum absolute atomic E-state index is 0.396. The molecule has 1 aromatic rings. The van der Waals surface area contributed by atoms with Gasteiger partial charge < -0.3 is 5.73 Å². The van der Waals surface area contributed by atoms with Gasteiger partial charge >= 0.3 is 0 Å². The van der Waals surface area contributed by atoms with E-state index >= 15 is 0 Å². The first-order valence-electron chi connectivity index (χ1n) is 6.13. The number of benzene rings is 1. The molecule has 0 radical (unpaired) electrons. The lowest BCUT2D eigenvalue weighted by atomic mass is 10.1. The first-order chi connectivity index (χ1) is 8.78. The number of nitrogens with zero attached hydrogens (tertiary/aromatic N) is 1. The Labute approximate surface area is 111 Å². The Morgan fingerprint density at radius 3 is 2.50 bits per heavy atom. The van der Waals surface area contributed by atoms with Crippen molar-refractivity contribution in [3.8, 4) is 11.8 Å². The molecule has 18 heavy (non-hydrogen) atoms. The van der Waals surface area contributed by atoms with Gasteiger partial charge in [-0.3, -0.25) is 9.11 Å². The van der Waals surface area contributed by atoms with E-state index in [9.17, 15) is 4.21 Å². The van der Waals surface area contributed by atoms with Gasteiger partial charge in [0.15, 0.2) is 0 Å². The summed E-state index contributed by atoms with van der Waals surface area (Å²) in [7, 11) is -0.598. The molecule has 1 aromatic carbocycles. The van der Waals surface area contributed by atoms with Crippen LogP contribution in [0.1, 0.15) is 11.1 Å². The molecule has 2 N–H and O–H groups in total. The lowest BCUT2D eigenvalue weighted by Crippen LogP contribution is -2.37. The van der Waals surface area contributed by atoms with E-state index in [2.05, 4.69) is 28.9 Å². The topological polar surface area (TPSA) is 46.3 Å². The lowest BCUT2D eigenvalue weighted by molar-refractivity contribution is 0.291. The SMILES string of the molecule is NCC#Cc1ccc(CN2CCS(=O)CC2)cc1. The van der Waals surface area contributed by atoms with Gasteiger partial charge in [-0.05, 0) is 17.7 Å². The van der Waals surface area contributed by atoms with Gasteiger partial charge in [-0.15, -0.1) is 0 Å². The largest absolute Gasteiger partial charge is 0.320 e. The normalized spacial score (nSPS) is 17.2. The Morgan fingerprint density at radius 2 is 1.89 bits per heavy atom. The third-order valence-corrected chi connectivity index (χ3v) is 4.24. The van der Waals surface area contributed by atoms with Crippen molar-refractivity contribution in [1.82, 2.24) is 4.90 Å². The standard InChI is InChI=1S/C14H18N2OS/c15-7-1-2-13-3-5-14(6-4-13)12-16-8-10-18(17)11-9-16/h3-6H,7-12,15H2. The monoisotopic (exact) mass is 262 g/mol. The second-order valence-electron chi connectivity index (χ2n) is 4.33. The summed E-state index contributed by atoms with van der Waals surface area (Å²) in [5.41, 5.74) is 7.62. The maximum absolute atomic E-state index is 11.3. The van der Waals surface area contributed by atoms with Crippen molar-refractivity contribution in [3.63, 3.8) is 0 Å². The highest BCUT2D eigenvalue weighted by Crippen LogP contribution is 2.09. The molecule has 0 saturated carbocycles. The molecule has 4 heteroatoms. The molecule has 0 aliphatic carbocycles. The molecule has 3 nitrogen and oxygen atoms in total. The Bertz CT molecular complexity index is 463. The van der Waals surface area contributed by atoms with Gasteiger partial charge in [0, 0.05) is 47.5 Å². The highest BCUT2D eigenvalue weighted by atomic mass is 32.2. The van der Waals surface area contributed by atoms with Crippen LogP contribution in [0, 0.1) is 11.8 Å². The average Bonchev–Trinajstić information content (AvgIpc) is 2.41. The molecule has 96 valence electrons. The zero-order chi connectivity index (χ0) is 12.8. The molecule has 1 aliphatic heterocycles. The third kappa shape index (κ3) is 3.95. The fraction of sp³-hybridized carbons (Fsp3) is 0.429. The van der Waals surface area contributed by atoms with Crippen molar-refractivity contribution in [2.75, 3.05) is 31.1 Å². The second kappa shape index (κ2) is 6.69. The zero-order valence-electron chi connectivity index (χ0n) is 10.4. The smallest absolute Gasteiger partial charge is 0.0555 e. The summed E-state index contributed by atoms with van der Waals surface area (Å²) in [5, 5.41) is 0. The van der Waals surface area contributed by atoms with Gasteiger partial charge in [-0.2, -0.15) is 0 Å². The van der Waals surface area contributed by atoms with Crippen LogP contribution in [0.5, 0.6) is 0 Å². The molecule has 1 aliphatic rings. The van der Waals surface area contributed by atoms with E-state index in [-0.39, 0.29) is 0 Å². The molecule has 0 amide bonds. The molecule has 2 rings (SSSR count). The van der Waals surface area contributed by atoms with Crippen LogP contribution >= 0.6 is 0 Å². The number of hydrogen-bond donors (Lipinski definition) is 1. The van der Waals surface area contributed by atoms with Crippen LogP contribution in [0.4, 0.5) is 0 Å². The van der Waals surface area contributed by atoms with E-state index in [4.69, 9.17) is 5.73 Å². The van der Waals surface area contributed by atoms with Crippen molar-refractivity contribution < 1.29 is 4.21 Å². The molecule has 0 spiro atoms. The van der Waals surface area contributed by atoms with Gasteiger partial charge in [-0.25, -0.2) is 0 Å². The Balaban J connectivity index is 1.92. The Kier molecular flexibility index (Phi) is 4.94. The predicted octanol–water partition coefficient (Wildman–Crippen LogP) is 0.561. The second-order valence-corrected chi connectivity index (χ2v) is 6.02. The quantitative estimate of drug-likeness (QED) is 0.792. The van der Waals surface area contributed by atoms with E-state index in [1.165, 1.54) is 5.56 Å². The Morgan fingerprint density at radius 1 is 1.22 bits per heavy atom. The Hall–Kier alpha value is -1.15. The zero-order valence-corrected chi connectivity index (χ0v) is 11.2. The minimum atomic E-state index is -0.598. The molecule has 1 heterocycles. The summed E-state index contributed by atoms with van der Waals surface area (Å²) in [5.74, 6) is 7.47. The number of rotatable bonds is 2. The molecule has 1 fully saturated rings. The van der Waals surface area contributed by atoms with E-state index in [0.29, 0.717) is 6.54 Å². The van der Waals surface area contributed by atoms with Gasteiger partial charge in [0.2, 0.25) is 0 Å². The van der Waals surface area contributed by atoms with Crippen LogP contribution in [0.2, 0.25) is 0 Å².